The number of methoxy groups -OCH3 is 2. The van der Waals surface area contributed by atoms with E-state index in [1.54, 1.807) is 32.4 Å². The summed E-state index contributed by atoms with van der Waals surface area (Å²) in [7, 11) is 3.12. The molecule has 0 aliphatic rings. The number of nitrogens with one attached hydrogen (secondary N) is 2. The Bertz CT molecular complexity index is 919. The largest absolute Gasteiger partial charge is 0.497 e. The third-order valence-corrected chi connectivity index (χ3v) is 5.72. The second kappa shape index (κ2) is 9.95. The minimum Gasteiger partial charge on any atom is -0.497 e. The van der Waals surface area contributed by atoms with Crippen LogP contribution < -0.4 is 20.1 Å². The van der Waals surface area contributed by atoms with Crippen LogP contribution in [0.5, 0.6) is 11.5 Å². The fourth-order valence-electron chi connectivity index (χ4n) is 2.33. The van der Waals surface area contributed by atoms with Crippen LogP contribution in [0.15, 0.2) is 52.9 Å². The van der Waals surface area contributed by atoms with Crippen molar-refractivity contribution in [3.8, 4) is 11.5 Å². The van der Waals surface area contributed by atoms with E-state index in [9.17, 15) is 4.79 Å². The molecule has 1 amide bonds. The maximum Gasteiger partial charge on any atom is 0.234 e. The summed E-state index contributed by atoms with van der Waals surface area (Å²) in [5, 5.41) is 15.0. The van der Waals surface area contributed by atoms with E-state index >= 15 is 0 Å². The van der Waals surface area contributed by atoms with Crippen LogP contribution >= 0.6 is 23.1 Å². The lowest BCUT2D eigenvalue weighted by atomic mass is 10.2. The zero-order valence-corrected chi connectivity index (χ0v) is 17.1. The number of amides is 1. The molecule has 3 rings (SSSR count). The Hall–Kier alpha value is -2.78. The molecule has 0 unspecified atom stereocenters. The van der Waals surface area contributed by atoms with Crippen molar-refractivity contribution in [1.29, 1.82) is 0 Å². The fourth-order valence-corrected chi connectivity index (χ4v) is 3.88. The molecular weight excluding hydrogens is 396 g/mol. The molecule has 0 saturated heterocycles. The maximum atomic E-state index is 12.2. The predicted octanol–water partition coefficient (Wildman–Crippen LogP) is 3.90. The zero-order valence-electron chi connectivity index (χ0n) is 15.5. The van der Waals surface area contributed by atoms with Gasteiger partial charge in [0.05, 0.1) is 25.7 Å². The number of ether oxygens (including phenoxy) is 2. The number of carbonyl (C=O) groups is 1. The van der Waals surface area contributed by atoms with Crippen LogP contribution in [0.3, 0.4) is 0 Å². The molecular formula is C19H20N4O3S2. The van der Waals surface area contributed by atoms with E-state index in [-0.39, 0.29) is 11.7 Å². The molecule has 2 aromatic carbocycles. The summed E-state index contributed by atoms with van der Waals surface area (Å²) in [6.45, 7) is 0.678. The average Bonchev–Trinajstić information content (AvgIpc) is 3.20. The number of anilines is 2. The van der Waals surface area contributed by atoms with E-state index in [0.717, 1.165) is 9.47 Å². The van der Waals surface area contributed by atoms with Gasteiger partial charge in [0, 0.05) is 12.6 Å². The lowest BCUT2D eigenvalue weighted by Gasteiger charge is -2.11. The molecule has 0 bridgehead atoms. The molecule has 146 valence electrons. The summed E-state index contributed by atoms with van der Waals surface area (Å²) in [5.41, 5.74) is 1.76. The van der Waals surface area contributed by atoms with Gasteiger partial charge in [-0.3, -0.25) is 4.79 Å². The number of nitrogens with zero attached hydrogens (tertiary/aromatic N) is 2. The standard InChI is InChI=1S/C19H20N4O3S2/c1-25-14-8-9-15(16(10-14)26-2)21-17(24)12-27-19-23-22-18(28-19)20-11-13-6-4-3-5-7-13/h3-10H,11-12H2,1-2H3,(H,20,22)(H,21,24). The van der Waals surface area contributed by atoms with Gasteiger partial charge in [-0.05, 0) is 17.7 Å². The monoisotopic (exact) mass is 416 g/mol. The predicted molar refractivity (Wildman–Crippen MR) is 113 cm³/mol. The van der Waals surface area contributed by atoms with Crippen molar-refractivity contribution in [2.45, 2.75) is 10.9 Å². The van der Waals surface area contributed by atoms with Crippen molar-refractivity contribution in [3.05, 3.63) is 54.1 Å². The first-order valence-corrected chi connectivity index (χ1v) is 10.2. The van der Waals surface area contributed by atoms with Crippen LogP contribution in [0.1, 0.15) is 5.56 Å². The van der Waals surface area contributed by atoms with Crippen LogP contribution in [-0.2, 0) is 11.3 Å². The van der Waals surface area contributed by atoms with Gasteiger partial charge in [-0.1, -0.05) is 53.4 Å². The van der Waals surface area contributed by atoms with Gasteiger partial charge in [-0.2, -0.15) is 0 Å². The second-order valence-corrected chi connectivity index (χ2v) is 7.82. The Morgan fingerprint density at radius 1 is 1.11 bits per heavy atom. The van der Waals surface area contributed by atoms with E-state index in [0.29, 0.717) is 23.7 Å². The Balaban J connectivity index is 1.49. The molecule has 0 radical (unpaired) electrons. The summed E-state index contributed by atoms with van der Waals surface area (Å²) in [6.07, 6.45) is 0. The van der Waals surface area contributed by atoms with Gasteiger partial charge in [-0.25, -0.2) is 0 Å². The molecule has 9 heteroatoms. The number of hydrogen-bond donors (Lipinski definition) is 2. The first-order valence-electron chi connectivity index (χ1n) is 8.44. The zero-order chi connectivity index (χ0) is 19.8. The van der Waals surface area contributed by atoms with Crippen molar-refractivity contribution in [1.82, 2.24) is 10.2 Å². The van der Waals surface area contributed by atoms with Gasteiger partial charge in [0.25, 0.3) is 0 Å². The smallest absolute Gasteiger partial charge is 0.234 e. The van der Waals surface area contributed by atoms with E-state index in [4.69, 9.17) is 9.47 Å². The molecule has 0 fully saturated rings. The molecule has 0 spiro atoms. The molecule has 28 heavy (non-hydrogen) atoms. The van der Waals surface area contributed by atoms with Gasteiger partial charge >= 0.3 is 0 Å². The number of thioether (sulfide) groups is 1. The minimum atomic E-state index is -0.150. The quantitative estimate of drug-likeness (QED) is 0.512. The first kappa shape index (κ1) is 20.0. The van der Waals surface area contributed by atoms with Crippen molar-refractivity contribution in [2.24, 2.45) is 0 Å². The molecule has 0 aliphatic heterocycles. The highest BCUT2D eigenvalue weighted by molar-refractivity contribution is 8.01. The number of carbonyl (C=O) groups excluding carboxylic acids is 1. The summed E-state index contributed by atoms with van der Waals surface area (Å²) in [6, 6.07) is 15.3. The molecule has 2 N–H and O–H groups in total. The summed E-state index contributed by atoms with van der Waals surface area (Å²) < 4.78 is 11.2. The highest BCUT2D eigenvalue weighted by Crippen LogP contribution is 2.30. The van der Waals surface area contributed by atoms with Gasteiger partial charge in [0.1, 0.15) is 11.5 Å². The average molecular weight is 417 g/mol. The number of rotatable bonds is 9. The van der Waals surface area contributed by atoms with Crippen LogP contribution in [0.4, 0.5) is 10.8 Å². The number of hydrogen-bond acceptors (Lipinski definition) is 8. The maximum absolute atomic E-state index is 12.2. The van der Waals surface area contributed by atoms with E-state index in [1.807, 2.05) is 30.3 Å². The normalized spacial score (nSPS) is 10.4. The molecule has 0 atom stereocenters. The lowest BCUT2D eigenvalue weighted by molar-refractivity contribution is -0.113. The Labute approximate surface area is 171 Å². The van der Waals surface area contributed by atoms with Gasteiger partial charge in [0.15, 0.2) is 4.34 Å². The molecule has 1 aromatic heterocycles. The van der Waals surface area contributed by atoms with Crippen LogP contribution in [0.2, 0.25) is 0 Å². The van der Waals surface area contributed by atoms with Gasteiger partial charge < -0.3 is 20.1 Å². The van der Waals surface area contributed by atoms with Gasteiger partial charge in [0.2, 0.25) is 11.0 Å². The first-order chi connectivity index (χ1) is 13.7. The molecule has 0 aliphatic carbocycles. The molecule has 3 aromatic rings. The van der Waals surface area contributed by atoms with Gasteiger partial charge in [-0.15, -0.1) is 10.2 Å². The highest BCUT2D eigenvalue weighted by atomic mass is 32.2. The van der Waals surface area contributed by atoms with Crippen molar-refractivity contribution >= 4 is 39.8 Å². The van der Waals surface area contributed by atoms with E-state index in [2.05, 4.69) is 20.8 Å². The van der Waals surface area contributed by atoms with Crippen molar-refractivity contribution in [3.63, 3.8) is 0 Å². The lowest BCUT2D eigenvalue weighted by Crippen LogP contribution is -2.14. The van der Waals surface area contributed by atoms with Crippen molar-refractivity contribution in [2.75, 3.05) is 30.6 Å². The van der Waals surface area contributed by atoms with Crippen LogP contribution in [0, 0.1) is 0 Å². The second-order valence-electron chi connectivity index (χ2n) is 5.62. The fraction of sp³-hybridized carbons (Fsp3) is 0.211. The summed E-state index contributed by atoms with van der Waals surface area (Å²) in [5.74, 6) is 1.28. The molecule has 7 nitrogen and oxygen atoms in total. The summed E-state index contributed by atoms with van der Waals surface area (Å²) in [4.78, 5) is 12.2. The minimum absolute atomic E-state index is 0.150. The topological polar surface area (TPSA) is 85.4 Å². The third-order valence-electron chi connectivity index (χ3n) is 3.70. The molecule has 1 heterocycles. The van der Waals surface area contributed by atoms with Crippen molar-refractivity contribution < 1.29 is 14.3 Å². The SMILES string of the molecule is COc1ccc(NC(=O)CSc2nnc(NCc3ccccc3)s2)c(OC)c1. The summed E-state index contributed by atoms with van der Waals surface area (Å²) >= 11 is 2.76. The highest BCUT2D eigenvalue weighted by Gasteiger charge is 2.11. The third kappa shape index (κ3) is 5.61. The van der Waals surface area contributed by atoms with Crippen LogP contribution in [-0.4, -0.2) is 36.1 Å². The van der Waals surface area contributed by atoms with E-state index in [1.165, 1.54) is 28.7 Å². The number of benzene rings is 2. The van der Waals surface area contributed by atoms with Crippen LogP contribution in [0.25, 0.3) is 0 Å². The van der Waals surface area contributed by atoms with E-state index < -0.39 is 0 Å². The Morgan fingerprint density at radius 2 is 1.93 bits per heavy atom. The molecule has 0 saturated carbocycles. The number of aromatic nitrogens is 2. The Kier molecular flexibility index (Phi) is 7.10. The Morgan fingerprint density at radius 3 is 2.68 bits per heavy atom.